The Balaban J connectivity index is 2.43. The van der Waals surface area contributed by atoms with Gasteiger partial charge in [0.05, 0.1) is 11.1 Å². The highest BCUT2D eigenvalue weighted by Crippen LogP contribution is 2.18. The fourth-order valence-corrected chi connectivity index (χ4v) is 1.83. The molecule has 0 atom stereocenters. The molecule has 0 saturated carbocycles. The lowest BCUT2D eigenvalue weighted by atomic mass is 10.1. The lowest BCUT2D eigenvalue weighted by molar-refractivity contribution is 0.825. The molecule has 0 aromatic heterocycles. The molecule has 2 aliphatic rings. The number of hydrogen-bond donors (Lipinski definition) is 1. The fourth-order valence-electron chi connectivity index (χ4n) is 1.83. The van der Waals surface area contributed by atoms with E-state index in [0.717, 1.165) is 24.0 Å². The second-order valence-electron chi connectivity index (χ2n) is 3.25. The molecule has 0 amide bonds. The molecule has 63 valence electrons. The summed E-state index contributed by atoms with van der Waals surface area (Å²) >= 11 is 0. The van der Waals surface area contributed by atoms with Crippen LogP contribution in [-0.4, -0.2) is 6.54 Å². The van der Waals surface area contributed by atoms with Crippen molar-refractivity contribution in [1.82, 2.24) is 5.32 Å². The van der Waals surface area contributed by atoms with Gasteiger partial charge >= 0.3 is 0 Å². The van der Waals surface area contributed by atoms with E-state index in [1.54, 1.807) is 0 Å². The molecule has 0 spiro atoms. The summed E-state index contributed by atoms with van der Waals surface area (Å²) in [5.74, 6) is 0. The Hall–Kier alpha value is -1.57. The van der Waals surface area contributed by atoms with Gasteiger partial charge in [0.15, 0.2) is 0 Å². The first-order valence-corrected chi connectivity index (χ1v) is 4.48. The minimum absolute atomic E-state index is 1.01. The monoisotopic (exact) mass is 169 g/mol. The molecule has 0 unspecified atom stereocenters. The first-order chi connectivity index (χ1) is 6.45. The van der Waals surface area contributed by atoms with Gasteiger partial charge in [-0.2, -0.15) is 0 Å². The van der Waals surface area contributed by atoms with Crippen molar-refractivity contribution in [2.45, 2.75) is 6.42 Å². The number of benzene rings is 1. The molecule has 2 heterocycles. The van der Waals surface area contributed by atoms with Crippen LogP contribution in [-0.2, 0) is 0 Å². The summed E-state index contributed by atoms with van der Waals surface area (Å²) in [5, 5.41) is 5.45. The summed E-state index contributed by atoms with van der Waals surface area (Å²) in [5.41, 5.74) is 2.43. The predicted octanol–water partition coefficient (Wildman–Crippen LogP) is 0.105. The van der Waals surface area contributed by atoms with E-state index in [2.05, 4.69) is 16.4 Å². The number of fused-ring (bicyclic) bond motifs is 2. The van der Waals surface area contributed by atoms with Crippen LogP contribution in [0.5, 0.6) is 0 Å². The Morgan fingerprint density at radius 3 is 3.46 bits per heavy atom. The van der Waals surface area contributed by atoms with Crippen molar-refractivity contribution in [3.8, 4) is 0 Å². The van der Waals surface area contributed by atoms with Crippen LogP contribution in [0.2, 0.25) is 0 Å². The maximum absolute atomic E-state index is 4.50. The van der Waals surface area contributed by atoms with Gasteiger partial charge < -0.3 is 5.32 Å². The van der Waals surface area contributed by atoms with Gasteiger partial charge in [0.1, 0.15) is 0 Å². The van der Waals surface area contributed by atoms with Crippen LogP contribution in [0.15, 0.2) is 35.1 Å². The number of nitrogens with zero attached hydrogens (tertiary/aromatic N) is 1. The zero-order chi connectivity index (χ0) is 8.67. The Kier molecular flexibility index (Phi) is 1.30. The highest BCUT2D eigenvalue weighted by Gasteiger charge is 2.14. The third-order valence-corrected chi connectivity index (χ3v) is 2.44. The van der Waals surface area contributed by atoms with Crippen LogP contribution < -0.4 is 15.9 Å². The van der Waals surface area contributed by atoms with E-state index in [4.69, 9.17) is 0 Å². The smallest absolute Gasteiger partial charge is 0.0833 e. The second-order valence-corrected chi connectivity index (χ2v) is 3.25. The third kappa shape index (κ3) is 0.917. The number of rotatable bonds is 0. The summed E-state index contributed by atoms with van der Waals surface area (Å²) in [6.07, 6.45) is 3.05. The average Bonchev–Trinajstić information content (AvgIpc) is 2.56. The molecular weight excluding hydrogens is 160 g/mol. The predicted molar refractivity (Wildman–Crippen MR) is 50.2 cm³/mol. The van der Waals surface area contributed by atoms with E-state index >= 15 is 0 Å². The molecule has 1 aromatic carbocycles. The molecular formula is C11H9N2. The largest absolute Gasteiger partial charge is 0.389 e. The molecule has 0 aliphatic carbocycles. The zero-order valence-corrected chi connectivity index (χ0v) is 7.17. The molecule has 2 nitrogen and oxygen atoms in total. The summed E-state index contributed by atoms with van der Waals surface area (Å²) < 4.78 is 0. The summed E-state index contributed by atoms with van der Waals surface area (Å²) in [4.78, 5) is 4.50. The maximum Gasteiger partial charge on any atom is 0.0833 e. The van der Waals surface area contributed by atoms with Crippen molar-refractivity contribution < 1.29 is 0 Å². The quantitative estimate of drug-likeness (QED) is 0.585. The van der Waals surface area contributed by atoms with Gasteiger partial charge in [-0.15, -0.1) is 0 Å². The van der Waals surface area contributed by atoms with E-state index in [1.807, 2.05) is 24.4 Å². The molecule has 1 aromatic rings. The zero-order valence-electron chi connectivity index (χ0n) is 7.17. The molecule has 0 bridgehead atoms. The first-order valence-electron chi connectivity index (χ1n) is 4.48. The van der Waals surface area contributed by atoms with E-state index in [0.29, 0.717) is 0 Å². The molecule has 1 N–H and O–H groups in total. The van der Waals surface area contributed by atoms with E-state index in [-0.39, 0.29) is 0 Å². The topological polar surface area (TPSA) is 24.4 Å². The Labute approximate surface area is 76.3 Å². The van der Waals surface area contributed by atoms with Crippen LogP contribution >= 0.6 is 0 Å². The minimum Gasteiger partial charge on any atom is -0.389 e. The molecule has 13 heavy (non-hydrogen) atoms. The van der Waals surface area contributed by atoms with Gasteiger partial charge in [-0.1, -0.05) is 12.1 Å². The lowest BCUT2D eigenvalue weighted by Gasteiger charge is -2.10. The second kappa shape index (κ2) is 2.46. The molecule has 0 saturated heterocycles. The van der Waals surface area contributed by atoms with Crippen molar-refractivity contribution >= 4 is 5.57 Å². The van der Waals surface area contributed by atoms with Crippen LogP contribution in [0.3, 0.4) is 0 Å². The first kappa shape index (κ1) is 6.89. The molecule has 3 rings (SSSR count). The minimum atomic E-state index is 1.01. The Morgan fingerprint density at radius 2 is 2.46 bits per heavy atom. The van der Waals surface area contributed by atoms with E-state index < -0.39 is 0 Å². The number of hydrogen-bond acceptors (Lipinski definition) is 2. The van der Waals surface area contributed by atoms with Gasteiger partial charge in [-0.25, -0.2) is 4.99 Å². The summed E-state index contributed by atoms with van der Waals surface area (Å²) in [6.45, 7) is 1.01. The molecule has 2 aliphatic heterocycles. The van der Waals surface area contributed by atoms with E-state index in [9.17, 15) is 0 Å². The normalized spacial score (nSPS) is 18.2. The fraction of sp³-hybridized carbons (Fsp3) is 0.182. The summed E-state index contributed by atoms with van der Waals surface area (Å²) in [6, 6.07) is 9.22. The van der Waals surface area contributed by atoms with Crippen molar-refractivity contribution in [1.29, 1.82) is 0 Å². The number of allylic oxidation sites excluding steroid dienone is 1. The van der Waals surface area contributed by atoms with Crippen LogP contribution in [0.1, 0.15) is 6.42 Å². The highest BCUT2D eigenvalue weighted by molar-refractivity contribution is 5.66. The summed E-state index contributed by atoms with van der Waals surface area (Å²) in [7, 11) is 0. The van der Waals surface area contributed by atoms with E-state index in [1.165, 1.54) is 10.8 Å². The molecule has 2 heteroatoms. The van der Waals surface area contributed by atoms with Crippen molar-refractivity contribution in [3.05, 3.63) is 46.7 Å². The van der Waals surface area contributed by atoms with Crippen molar-refractivity contribution in [2.24, 2.45) is 4.99 Å². The lowest BCUT2D eigenvalue weighted by Crippen LogP contribution is -2.24. The van der Waals surface area contributed by atoms with Gasteiger partial charge in [0, 0.05) is 18.0 Å². The van der Waals surface area contributed by atoms with Gasteiger partial charge in [0.2, 0.25) is 0 Å². The third-order valence-electron chi connectivity index (χ3n) is 2.44. The SMILES string of the molecule is [c]1cccc2c1=C1CCNC=C1N=2. The van der Waals surface area contributed by atoms with Crippen LogP contribution in [0, 0.1) is 6.07 Å². The van der Waals surface area contributed by atoms with Gasteiger partial charge in [0.25, 0.3) is 0 Å². The standard InChI is InChI=1S/C11H9N2/c1-2-4-10-8(3-1)9-5-6-12-7-11(9)13-10/h1-2,4,7,12H,5-6H2. The maximum atomic E-state index is 4.50. The number of nitrogens with one attached hydrogen (secondary N) is 1. The molecule has 0 fully saturated rings. The molecule has 1 radical (unpaired) electrons. The van der Waals surface area contributed by atoms with Gasteiger partial charge in [-0.3, -0.25) is 0 Å². The Bertz CT molecular complexity index is 497. The van der Waals surface area contributed by atoms with Gasteiger partial charge in [-0.05, 0) is 24.1 Å². The highest BCUT2D eigenvalue weighted by atomic mass is 14.9. The van der Waals surface area contributed by atoms with Crippen LogP contribution in [0.4, 0.5) is 0 Å². The van der Waals surface area contributed by atoms with Crippen LogP contribution in [0.25, 0.3) is 5.57 Å². The average molecular weight is 169 g/mol. The van der Waals surface area contributed by atoms with Crippen molar-refractivity contribution in [3.63, 3.8) is 0 Å². The Morgan fingerprint density at radius 1 is 1.46 bits per heavy atom. The van der Waals surface area contributed by atoms with Crippen molar-refractivity contribution in [2.75, 3.05) is 6.54 Å².